The van der Waals surface area contributed by atoms with E-state index in [2.05, 4.69) is 34.0 Å². The number of benzene rings is 1. The van der Waals surface area contributed by atoms with Crippen LogP contribution in [0.2, 0.25) is 0 Å². The van der Waals surface area contributed by atoms with Gasteiger partial charge < -0.3 is 4.74 Å². The van der Waals surface area contributed by atoms with E-state index in [0.717, 1.165) is 22.3 Å². The number of ether oxygens (including phenoxy) is 1. The van der Waals surface area contributed by atoms with E-state index >= 15 is 0 Å². The van der Waals surface area contributed by atoms with Gasteiger partial charge >= 0.3 is 0 Å². The Balaban J connectivity index is 2.14. The molecule has 0 atom stereocenters. The van der Waals surface area contributed by atoms with E-state index in [9.17, 15) is 0 Å². The van der Waals surface area contributed by atoms with Crippen molar-refractivity contribution in [3.63, 3.8) is 0 Å². The quantitative estimate of drug-likeness (QED) is 0.869. The fourth-order valence-corrected chi connectivity index (χ4v) is 2.51. The molecule has 0 aliphatic heterocycles. The van der Waals surface area contributed by atoms with E-state index in [1.165, 1.54) is 0 Å². The minimum atomic E-state index is 0.416. The molecular formula is C14H14BrN3O. The maximum absolute atomic E-state index is 8.84. The largest absolute Gasteiger partial charge is 0.487 e. The molecular weight excluding hydrogens is 306 g/mol. The number of halogens is 1. The summed E-state index contributed by atoms with van der Waals surface area (Å²) in [5.41, 5.74) is 2.60. The van der Waals surface area contributed by atoms with Crippen LogP contribution in [0.3, 0.4) is 0 Å². The summed E-state index contributed by atoms with van der Waals surface area (Å²) in [5, 5.41) is 13.3. The van der Waals surface area contributed by atoms with Crippen molar-refractivity contribution >= 4 is 15.9 Å². The molecule has 0 fully saturated rings. The molecule has 0 radical (unpaired) electrons. The summed E-state index contributed by atoms with van der Waals surface area (Å²) in [7, 11) is 1.90. The first-order valence-electron chi connectivity index (χ1n) is 5.99. The molecule has 0 saturated carbocycles. The molecule has 1 aromatic heterocycles. The molecule has 98 valence electrons. The van der Waals surface area contributed by atoms with Crippen LogP contribution in [0.4, 0.5) is 0 Å². The van der Waals surface area contributed by atoms with Gasteiger partial charge in [-0.05, 0) is 40.5 Å². The molecule has 1 aromatic carbocycles. The molecule has 2 aromatic rings. The van der Waals surface area contributed by atoms with Gasteiger partial charge in [-0.15, -0.1) is 0 Å². The summed E-state index contributed by atoms with van der Waals surface area (Å²) >= 11 is 3.55. The Labute approximate surface area is 120 Å². The van der Waals surface area contributed by atoms with Crippen LogP contribution in [0, 0.1) is 11.3 Å². The second-order valence-electron chi connectivity index (χ2n) is 4.11. The monoisotopic (exact) mass is 319 g/mol. The van der Waals surface area contributed by atoms with Gasteiger partial charge in [0, 0.05) is 7.05 Å². The summed E-state index contributed by atoms with van der Waals surface area (Å²) in [4.78, 5) is 0. The molecule has 1 heterocycles. The van der Waals surface area contributed by atoms with Crippen molar-refractivity contribution in [2.45, 2.75) is 20.0 Å². The second-order valence-corrected chi connectivity index (χ2v) is 4.91. The minimum Gasteiger partial charge on any atom is -0.487 e. The topological polar surface area (TPSA) is 50.8 Å². The van der Waals surface area contributed by atoms with Crippen LogP contribution in [0.25, 0.3) is 0 Å². The van der Waals surface area contributed by atoms with Gasteiger partial charge in [-0.25, -0.2) is 0 Å². The Morgan fingerprint density at radius 2 is 2.26 bits per heavy atom. The Morgan fingerprint density at radius 1 is 1.47 bits per heavy atom. The molecule has 0 spiro atoms. The first-order valence-corrected chi connectivity index (χ1v) is 6.78. The minimum absolute atomic E-state index is 0.416. The van der Waals surface area contributed by atoms with E-state index in [1.807, 2.05) is 23.9 Å². The van der Waals surface area contributed by atoms with Crippen LogP contribution >= 0.6 is 15.9 Å². The molecule has 19 heavy (non-hydrogen) atoms. The van der Waals surface area contributed by atoms with Gasteiger partial charge in [-0.1, -0.05) is 13.0 Å². The third-order valence-corrected chi connectivity index (χ3v) is 3.76. The maximum Gasteiger partial charge on any atom is 0.131 e. The van der Waals surface area contributed by atoms with Crippen LogP contribution in [0.15, 0.2) is 28.7 Å². The van der Waals surface area contributed by atoms with Gasteiger partial charge in [0.05, 0.1) is 27.5 Å². The lowest BCUT2D eigenvalue weighted by atomic mass is 10.2. The van der Waals surface area contributed by atoms with Crippen molar-refractivity contribution in [1.82, 2.24) is 9.78 Å². The smallest absolute Gasteiger partial charge is 0.131 e. The summed E-state index contributed by atoms with van der Waals surface area (Å²) in [5.74, 6) is 0.685. The Hall–Kier alpha value is -1.80. The summed E-state index contributed by atoms with van der Waals surface area (Å²) in [6.45, 7) is 2.48. The van der Waals surface area contributed by atoms with Crippen LogP contribution in [-0.4, -0.2) is 9.78 Å². The zero-order valence-electron chi connectivity index (χ0n) is 10.9. The van der Waals surface area contributed by atoms with E-state index < -0.39 is 0 Å². The van der Waals surface area contributed by atoms with E-state index in [1.54, 1.807) is 12.1 Å². The third kappa shape index (κ3) is 2.96. The zero-order chi connectivity index (χ0) is 13.8. The average molecular weight is 320 g/mol. The number of hydrogen-bond acceptors (Lipinski definition) is 3. The standard InChI is InChI=1S/C14H14BrN3O/c1-3-12-14(15)13(18(2)17-12)9-19-11-6-4-5-10(7-11)8-16/h4-7H,3,9H2,1-2H3. The van der Waals surface area contributed by atoms with Crippen LogP contribution in [0.1, 0.15) is 23.9 Å². The van der Waals surface area contributed by atoms with Gasteiger partial charge in [0.2, 0.25) is 0 Å². The average Bonchev–Trinajstić information content (AvgIpc) is 2.71. The number of aryl methyl sites for hydroxylation is 2. The molecule has 4 nitrogen and oxygen atoms in total. The highest BCUT2D eigenvalue weighted by Crippen LogP contribution is 2.23. The highest BCUT2D eigenvalue weighted by atomic mass is 79.9. The molecule has 5 heteroatoms. The summed E-state index contributed by atoms with van der Waals surface area (Å²) < 4.78 is 8.52. The van der Waals surface area contributed by atoms with E-state index in [0.29, 0.717) is 17.9 Å². The molecule has 0 saturated heterocycles. The van der Waals surface area contributed by atoms with Crippen LogP contribution in [-0.2, 0) is 20.1 Å². The summed E-state index contributed by atoms with van der Waals surface area (Å²) in [6, 6.07) is 9.22. The molecule has 0 N–H and O–H groups in total. The van der Waals surface area contributed by atoms with Crippen molar-refractivity contribution in [1.29, 1.82) is 5.26 Å². The lowest BCUT2D eigenvalue weighted by Crippen LogP contribution is -2.03. The Bertz CT molecular complexity index is 628. The lowest BCUT2D eigenvalue weighted by molar-refractivity contribution is 0.294. The summed E-state index contributed by atoms with van der Waals surface area (Å²) in [6.07, 6.45) is 0.873. The lowest BCUT2D eigenvalue weighted by Gasteiger charge is -2.07. The number of nitrogens with zero attached hydrogens (tertiary/aromatic N) is 3. The molecule has 0 aliphatic rings. The maximum atomic E-state index is 8.84. The zero-order valence-corrected chi connectivity index (χ0v) is 12.4. The van der Waals surface area contributed by atoms with E-state index in [-0.39, 0.29) is 0 Å². The first-order chi connectivity index (χ1) is 9.15. The number of nitriles is 1. The van der Waals surface area contributed by atoms with Crippen LogP contribution in [0.5, 0.6) is 5.75 Å². The SMILES string of the molecule is CCc1nn(C)c(COc2cccc(C#N)c2)c1Br. The normalized spacial score (nSPS) is 10.2. The molecule has 0 unspecified atom stereocenters. The predicted molar refractivity (Wildman–Crippen MR) is 75.8 cm³/mol. The molecule has 0 bridgehead atoms. The number of rotatable bonds is 4. The molecule has 0 aliphatic carbocycles. The second kappa shape index (κ2) is 5.89. The van der Waals surface area contributed by atoms with E-state index in [4.69, 9.17) is 10.00 Å². The Kier molecular flexibility index (Phi) is 4.23. The number of hydrogen-bond donors (Lipinski definition) is 0. The fourth-order valence-electron chi connectivity index (χ4n) is 1.78. The van der Waals surface area contributed by atoms with Gasteiger partial charge in [-0.3, -0.25) is 4.68 Å². The van der Waals surface area contributed by atoms with Gasteiger partial charge in [-0.2, -0.15) is 10.4 Å². The van der Waals surface area contributed by atoms with Crippen LogP contribution < -0.4 is 4.74 Å². The highest BCUT2D eigenvalue weighted by Gasteiger charge is 2.12. The van der Waals surface area contributed by atoms with Gasteiger partial charge in [0.15, 0.2) is 0 Å². The van der Waals surface area contributed by atoms with Gasteiger partial charge in [0.1, 0.15) is 12.4 Å². The molecule has 2 rings (SSSR count). The van der Waals surface area contributed by atoms with Gasteiger partial charge in [0.25, 0.3) is 0 Å². The van der Waals surface area contributed by atoms with Crippen molar-refractivity contribution < 1.29 is 4.74 Å². The molecule has 0 amide bonds. The third-order valence-electron chi connectivity index (χ3n) is 2.84. The predicted octanol–water partition coefficient (Wildman–Crippen LogP) is 3.20. The highest BCUT2D eigenvalue weighted by molar-refractivity contribution is 9.10. The van der Waals surface area contributed by atoms with Crippen molar-refractivity contribution in [2.24, 2.45) is 7.05 Å². The number of aromatic nitrogens is 2. The van der Waals surface area contributed by atoms with Crippen molar-refractivity contribution in [3.8, 4) is 11.8 Å². The Morgan fingerprint density at radius 3 is 2.89 bits per heavy atom. The first kappa shape index (κ1) is 13.6. The van der Waals surface area contributed by atoms with Crippen molar-refractivity contribution in [2.75, 3.05) is 0 Å². The fraction of sp³-hybridized carbons (Fsp3) is 0.286. The van der Waals surface area contributed by atoms with Crippen molar-refractivity contribution in [3.05, 3.63) is 45.7 Å².